The summed E-state index contributed by atoms with van der Waals surface area (Å²) in [5.74, 6) is -0.267. The van der Waals surface area contributed by atoms with E-state index < -0.39 is 10.0 Å². The Labute approximate surface area is 173 Å². The molecule has 0 aliphatic rings. The summed E-state index contributed by atoms with van der Waals surface area (Å²) in [6.45, 7) is 8.12. The molecule has 0 saturated heterocycles. The average Bonchev–Trinajstić information content (AvgIpc) is 2.70. The van der Waals surface area contributed by atoms with E-state index in [-0.39, 0.29) is 35.4 Å². The summed E-state index contributed by atoms with van der Waals surface area (Å²) in [6, 6.07) is 13.3. The summed E-state index contributed by atoms with van der Waals surface area (Å²) in [5, 5.41) is 11.9. The van der Waals surface area contributed by atoms with Crippen molar-refractivity contribution in [3.8, 4) is 0 Å². The van der Waals surface area contributed by atoms with Gasteiger partial charge in [-0.2, -0.15) is 0 Å². The Morgan fingerprint density at radius 3 is 2.10 bits per heavy atom. The zero-order chi connectivity index (χ0) is 21.7. The fourth-order valence-electron chi connectivity index (χ4n) is 2.72. The van der Waals surface area contributed by atoms with Gasteiger partial charge in [-0.1, -0.05) is 52.0 Å². The van der Waals surface area contributed by atoms with Gasteiger partial charge in [-0.25, -0.2) is 13.1 Å². The number of carbonyl (C=O) groups excluding carboxylic acids is 1. The van der Waals surface area contributed by atoms with Crippen LogP contribution in [0.25, 0.3) is 0 Å². The maximum absolute atomic E-state index is 12.5. The van der Waals surface area contributed by atoms with Crippen LogP contribution in [0, 0.1) is 0 Å². The first-order valence-electron chi connectivity index (χ1n) is 9.67. The largest absolute Gasteiger partial charge is 0.394 e. The quantitative estimate of drug-likeness (QED) is 0.614. The molecule has 0 radical (unpaired) electrons. The summed E-state index contributed by atoms with van der Waals surface area (Å²) >= 11 is 0. The third-order valence-electron chi connectivity index (χ3n) is 4.76. The minimum Gasteiger partial charge on any atom is -0.394 e. The molecule has 1 atom stereocenters. The van der Waals surface area contributed by atoms with Gasteiger partial charge in [0.25, 0.3) is 5.91 Å². The van der Waals surface area contributed by atoms with Gasteiger partial charge in [0.15, 0.2) is 0 Å². The Morgan fingerprint density at radius 2 is 1.62 bits per heavy atom. The van der Waals surface area contributed by atoms with Gasteiger partial charge < -0.3 is 10.4 Å². The lowest BCUT2D eigenvalue weighted by molar-refractivity contribution is 0.0915. The van der Waals surface area contributed by atoms with E-state index in [4.69, 9.17) is 0 Å². The molecule has 0 aromatic heterocycles. The van der Waals surface area contributed by atoms with E-state index in [1.807, 2.05) is 19.1 Å². The summed E-state index contributed by atoms with van der Waals surface area (Å²) in [4.78, 5) is 12.4. The van der Waals surface area contributed by atoms with Crippen molar-refractivity contribution in [2.75, 3.05) is 6.61 Å². The molecule has 0 heterocycles. The van der Waals surface area contributed by atoms with Gasteiger partial charge in [0.1, 0.15) is 0 Å². The molecule has 2 aromatic rings. The predicted molar refractivity (Wildman–Crippen MR) is 114 cm³/mol. The monoisotopic (exact) mass is 418 g/mol. The molecule has 0 saturated carbocycles. The molecule has 29 heavy (non-hydrogen) atoms. The third kappa shape index (κ3) is 6.39. The highest BCUT2D eigenvalue weighted by molar-refractivity contribution is 7.89. The number of rotatable bonds is 8. The molecule has 3 N–H and O–H groups in total. The second kappa shape index (κ2) is 9.52. The lowest BCUT2D eigenvalue weighted by atomic mass is 9.87. The zero-order valence-corrected chi connectivity index (χ0v) is 18.2. The van der Waals surface area contributed by atoms with Gasteiger partial charge >= 0.3 is 0 Å². The second-order valence-electron chi connectivity index (χ2n) is 8.06. The van der Waals surface area contributed by atoms with Gasteiger partial charge in [0, 0.05) is 12.1 Å². The van der Waals surface area contributed by atoms with Crippen LogP contribution in [0.1, 0.15) is 55.6 Å². The van der Waals surface area contributed by atoms with E-state index in [0.29, 0.717) is 12.0 Å². The average molecular weight is 419 g/mol. The number of aliphatic hydroxyl groups excluding tert-OH is 1. The molecule has 7 heteroatoms. The van der Waals surface area contributed by atoms with E-state index >= 15 is 0 Å². The molecular weight excluding hydrogens is 388 g/mol. The Hall–Kier alpha value is -2.22. The van der Waals surface area contributed by atoms with E-state index in [1.165, 1.54) is 0 Å². The van der Waals surface area contributed by atoms with Gasteiger partial charge in [0.2, 0.25) is 10.0 Å². The fraction of sp³-hybridized carbons (Fsp3) is 0.409. The number of sulfonamides is 1. The first-order valence-corrected chi connectivity index (χ1v) is 11.2. The molecule has 0 bridgehead atoms. The maximum atomic E-state index is 12.5. The van der Waals surface area contributed by atoms with Crippen molar-refractivity contribution in [1.82, 2.24) is 10.0 Å². The first-order chi connectivity index (χ1) is 13.6. The van der Waals surface area contributed by atoms with Crippen LogP contribution in [0.3, 0.4) is 0 Å². The third-order valence-corrected chi connectivity index (χ3v) is 6.18. The lowest BCUT2D eigenvalue weighted by Gasteiger charge is -2.19. The second-order valence-corrected chi connectivity index (χ2v) is 9.82. The predicted octanol–water partition coefficient (Wildman–Crippen LogP) is 2.96. The van der Waals surface area contributed by atoms with Gasteiger partial charge in [-0.3, -0.25) is 4.79 Å². The first kappa shape index (κ1) is 23.1. The highest BCUT2D eigenvalue weighted by Gasteiger charge is 2.17. The summed E-state index contributed by atoms with van der Waals surface area (Å²) in [7, 11) is -3.63. The van der Waals surface area contributed by atoms with E-state index in [1.54, 1.807) is 36.4 Å². The number of nitrogens with one attached hydrogen (secondary N) is 2. The Kier molecular flexibility index (Phi) is 7.57. The number of amides is 1. The smallest absolute Gasteiger partial charge is 0.251 e. The van der Waals surface area contributed by atoms with Crippen molar-refractivity contribution in [2.45, 2.75) is 57.0 Å². The van der Waals surface area contributed by atoms with Gasteiger partial charge in [-0.15, -0.1) is 0 Å². The molecule has 0 aliphatic heterocycles. The number of aliphatic hydroxyl groups is 1. The Balaban J connectivity index is 2.01. The van der Waals surface area contributed by atoms with Crippen molar-refractivity contribution < 1.29 is 18.3 Å². The number of hydrogen-bond donors (Lipinski definition) is 3. The summed E-state index contributed by atoms with van der Waals surface area (Å²) in [5.41, 5.74) is 2.22. The topological polar surface area (TPSA) is 95.5 Å². The van der Waals surface area contributed by atoms with Crippen molar-refractivity contribution in [1.29, 1.82) is 0 Å². The molecule has 0 spiro atoms. The van der Waals surface area contributed by atoms with E-state index in [0.717, 1.165) is 11.1 Å². The molecule has 2 rings (SSSR count). The molecule has 1 unspecified atom stereocenters. The maximum Gasteiger partial charge on any atom is 0.251 e. The van der Waals surface area contributed by atoms with Crippen molar-refractivity contribution in [2.24, 2.45) is 0 Å². The van der Waals surface area contributed by atoms with Crippen LogP contribution in [0.5, 0.6) is 0 Å². The normalized spacial score (nSPS) is 13.1. The van der Waals surface area contributed by atoms with Crippen LogP contribution in [0.4, 0.5) is 0 Å². The van der Waals surface area contributed by atoms with E-state index in [9.17, 15) is 18.3 Å². The molecule has 2 aromatic carbocycles. The minimum atomic E-state index is -3.63. The van der Waals surface area contributed by atoms with Crippen LogP contribution < -0.4 is 10.0 Å². The van der Waals surface area contributed by atoms with Crippen LogP contribution in [0.15, 0.2) is 53.4 Å². The number of hydrogen-bond acceptors (Lipinski definition) is 4. The molecule has 1 amide bonds. The van der Waals surface area contributed by atoms with Crippen LogP contribution >= 0.6 is 0 Å². The van der Waals surface area contributed by atoms with Crippen LogP contribution in [0.2, 0.25) is 0 Å². The van der Waals surface area contributed by atoms with Crippen LogP contribution in [-0.2, 0) is 22.0 Å². The van der Waals surface area contributed by atoms with Crippen molar-refractivity contribution in [3.63, 3.8) is 0 Å². The highest BCUT2D eigenvalue weighted by Crippen LogP contribution is 2.23. The van der Waals surface area contributed by atoms with Crippen LogP contribution in [-0.4, -0.2) is 32.1 Å². The Morgan fingerprint density at radius 1 is 1.03 bits per heavy atom. The minimum absolute atomic E-state index is 0.0436. The molecule has 158 valence electrons. The molecular formula is C22H30N2O4S. The highest BCUT2D eigenvalue weighted by atomic mass is 32.2. The summed E-state index contributed by atoms with van der Waals surface area (Å²) in [6.07, 6.45) is 0.638. The van der Waals surface area contributed by atoms with Crippen molar-refractivity contribution in [3.05, 3.63) is 65.2 Å². The molecule has 0 fully saturated rings. The number of benzene rings is 2. The van der Waals surface area contributed by atoms with Crippen molar-refractivity contribution >= 4 is 15.9 Å². The van der Waals surface area contributed by atoms with Gasteiger partial charge in [-0.05, 0) is 47.2 Å². The van der Waals surface area contributed by atoms with Gasteiger partial charge in [0.05, 0.1) is 17.5 Å². The Bertz CT molecular complexity index is 911. The SMILES string of the molecule is CCC(CO)NC(=O)c1ccc(CNS(=O)(=O)c2ccc(C(C)(C)C)cc2)cc1. The number of carbonyl (C=O) groups is 1. The fourth-order valence-corrected chi connectivity index (χ4v) is 3.73. The standard InChI is InChI=1S/C22H30N2O4S/c1-5-19(15-25)24-21(26)17-8-6-16(7-9-17)14-23-29(27,28)20-12-10-18(11-13-20)22(2,3)4/h6-13,19,23,25H,5,14-15H2,1-4H3,(H,24,26). The molecule has 6 nitrogen and oxygen atoms in total. The van der Waals surface area contributed by atoms with E-state index in [2.05, 4.69) is 30.8 Å². The summed E-state index contributed by atoms with van der Waals surface area (Å²) < 4.78 is 27.6. The molecule has 0 aliphatic carbocycles. The zero-order valence-electron chi connectivity index (χ0n) is 17.4. The lowest BCUT2D eigenvalue weighted by Crippen LogP contribution is -2.36.